The van der Waals surface area contributed by atoms with E-state index in [1.807, 2.05) is 6.07 Å². The first-order valence-corrected chi connectivity index (χ1v) is 11.5. The molecular weight excluding hydrogens is 460 g/mol. The van der Waals surface area contributed by atoms with Crippen LogP contribution in [0.25, 0.3) is 6.08 Å². The zero-order valence-corrected chi connectivity index (χ0v) is 21.8. The van der Waals surface area contributed by atoms with Crippen LogP contribution in [0.4, 0.5) is 0 Å². The van der Waals surface area contributed by atoms with Gasteiger partial charge < -0.3 is 23.7 Å². The molecule has 36 heavy (non-hydrogen) atoms. The van der Waals surface area contributed by atoms with Crippen molar-refractivity contribution in [3.05, 3.63) is 76.9 Å². The van der Waals surface area contributed by atoms with Crippen LogP contribution >= 0.6 is 0 Å². The van der Waals surface area contributed by atoms with Crippen LogP contribution < -0.4 is 18.9 Å². The van der Waals surface area contributed by atoms with Gasteiger partial charge in [0.1, 0.15) is 6.61 Å². The molecule has 0 atom stereocenters. The van der Waals surface area contributed by atoms with E-state index in [0.717, 1.165) is 18.4 Å². The molecular formula is C29H34O7. The molecule has 0 amide bonds. The molecule has 0 N–H and O–H groups in total. The highest BCUT2D eigenvalue weighted by Crippen LogP contribution is 2.30. The molecule has 192 valence electrons. The average Bonchev–Trinajstić information content (AvgIpc) is 2.87. The number of esters is 2. The van der Waals surface area contributed by atoms with Gasteiger partial charge in [-0.25, -0.2) is 9.59 Å². The van der Waals surface area contributed by atoms with Crippen molar-refractivity contribution in [2.75, 3.05) is 27.9 Å². The van der Waals surface area contributed by atoms with E-state index in [0.29, 0.717) is 18.1 Å². The van der Waals surface area contributed by atoms with Gasteiger partial charge in [-0.05, 0) is 81.7 Å². The minimum absolute atomic E-state index is 0.185. The Morgan fingerprint density at radius 1 is 0.833 bits per heavy atom. The maximum atomic E-state index is 12.3. The zero-order chi connectivity index (χ0) is 26.5. The first-order valence-electron chi connectivity index (χ1n) is 11.5. The van der Waals surface area contributed by atoms with Crippen molar-refractivity contribution < 1.29 is 33.3 Å². The highest BCUT2D eigenvalue weighted by molar-refractivity contribution is 5.91. The fourth-order valence-corrected chi connectivity index (χ4v) is 3.17. The summed E-state index contributed by atoms with van der Waals surface area (Å²) in [6, 6.07) is 9.80. The van der Waals surface area contributed by atoms with Gasteiger partial charge >= 0.3 is 11.9 Å². The minimum atomic E-state index is -0.605. The lowest BCUT2D eigenvalue weighted by molar-refractivity contribution is -0.129. The van der Waals surface area contributed by atoms with E-state index in [1.54, 1.807) is 25.3 Å². The van der Waals surface area contributed by atoms with E-state index in [2.05, 4.69) is 37.7 Å². The Morgan fingerprint density at radius 2 is 1.53 bits per heavy atom. The summed E-state index contributed by atoms with van der Waals surface area (Å²) in [6.07, 6.45) is 9.20. The molecule has 0 aromatic heterocycles. The molecule has 0 spiro atoms. The van der Waals surface area contributed by atoms with E-state index in [4.69, 9.17) is 18.9 Å². The van der Waals surface area contributed by atoms with E-state index < -0.39 is 11.9 Å². The zero-order valence-electron chi connectivity index (χ0n) is 21.8. The van der Waals surface area contributed by atoms with Crippen molar-refractivity contribution in [3.63, 3.8) is 0 Å². The van der Waals surface area contributed by atoms with Gasteiger partial charge in [0.2, 0.25) is 0 Å². The Balaban J connectivity index is 2.00. The fourth-order valence-electron chi connectivity index (χ4n) is 3.17. The van der Waals surface area contributed by atoms with E-state index in [9.17, 15) is 9.59 Å². The number of rotatable bonds is 12. The minimum Gasteiger partial charge on any atom is -0.493 e. The van der Waals surface area contributed by atoms with Crippen molar-refractivity contribution >= 4 is 18.0 Å². The summed E-state index contributed by atoms with van der Waals surface area (Å²) in [5, 5.41) is 0. The SMILES string of the molecule is COC(=O)c1ccc(OC(=O)/C=C/c2ccc(OC/C=C(\C)CCC=C(C)C)c(OC)c2)c(OC)c1. The van der Waals surface area contributed by atoms with Gasteiger partial charge in [-0.2, -0.15) is 0 Å². The Bertz CT molecular complexity index is 1140. The van der Waals surface area contributed by atoms with Crippen molar-refractivity contribution in [2.24, 2.45) is 0 Å². The number of hydrogen-bond acceptors (Lipinski definition) is 7. The number of methoxy groups -OCH3 is 3. The lowest BCUT2D eigenvalue weighted by Crippen LogP contribution is -2.07. The van der Waals surface area contributed by atoms with Crippen LogP contribution in [0.2, 0.25) is 0 Å². The van der Waals surface area contributed by atoms with Crippen LogP contribution in [-0.2, 0) is 9.53 Å². The van der Waals surface area contributed by atoms with Crippen LogP contribution in [0.5, 0.6) is 23.0 Å². The first-order chi connectivity index (χ1) is 17.3. The molecule has 0 saturated carbocycles. The van der Waals surface area contributed by atoms with Crippen LogP contribution in [-0.4, -0.2) is 39.9 Å². The quantitative estimate of drug-likeness (QED) is 0.151. The largest absolute Gasteiger partial charge is 0.493 e. The molecule has 2 aromatic rings. The molecule has 0 radical (unpaired) electrons. The standard InChI is InChI=1S/C29H34O7/c1-20(2)8-7-9-21(3)16-17-35-24-13-10-22(18-26(24)32-4)11-15-28(30)36-25-14-12-23(29(31)34-6)19-27(25)33-5/h8,10-16,18-19H,7,9,17H2,1-6H3/b15-11+,21-16+. The number of ether oxygens (including phenoxy) is 5. The van der Waals surface area contributed by atoms with Gasteiger partial charge in [-0.3, -0.25) is 0 Å². The molecule has 0 aliphatic carbocycles. The first kappa shape index (κ1) is 28.2. The second kappa shape index (κ2) is 14.4. The van der Waals surface area contributed by atoms with Gasteiger partial charge in [0.15, 0.2) is 23.0 Å². The van der Waals surface area contributed by atoms with E-state index in [-0.39, 0.29) is 17.1 Å². The molecule has 2 aromatic carbocycles. The van der Waals surface area contributed by atoms with Gasteiger partial charge in [0.05, 0.1) is 26.9 Å². The summed E-state index contributed by atoms with van der Waals surface area (Å²) in [7, 11) is 4.27. The molecule has 0 unspecified atom stereocenters. The van der Waals surface area contributed by atoms with Gasteiger partial charge in [-0.1, -0.05) is 23.3 Å². The van der Waals surface area contributed by atoms with Gasteiger partial charge in [0, 0.05) is 6.08 Å². The Hall–Kier alpha value is -4.00. The summed E-state index contributed by atoms with van der Waals surface area (Å²) >= 11 is 0. The number of carbonyl (C=O) groups is 2. The number of allylic oxidation sites excluding steroid dienone is 3. The number of benzene rings is 2. The topological polar surface area (TPSA) is 80.3 Å². The average molecular weight is 495 g/mol. The van der Waals surface area contributed by atoms with Crippen molar-refractivity contribution in [1.82, 2.24) is 0 Å². The predicted molar refractivity (Wildman–Crippen MR) is 140 cm³/mol. The summed E-state index contributed by atoms with van der Waals surface area (Å²) in [5.74, 6) is 0.474. The monoisotopic (exact) mass is 494 g/mol. The van der Waals surface area contributed by atoms with Crippen LogP contribution in [0.1, 0.15) is 49.5 Å². The Labute approximate surface area is 213 Å². The van der Waals surface area contributed by atoms with Crippen LogP contribution in [0.3, 0.4) is 0 Å². The molecule has 0 aliphatic rings. The third kappa shape index (κ3) is 8.98. The van der Waals surface area contributed by atoms with Crippen molar-refractivity contribution in [2.45, 2.75) is 33.6 Å². The molecule has 0 aliphatic heterocycles. The van der Waals surface area contributed by atoms with Crippen LogP contribution in [0.15, 0.2) is 65.8 Å². The fraction of sp³-hybridized carbons (Fsp3) is 0.310. The Kier molecular flexibility index (Phi) is 11.3. The summed E-state index contributed by atoms with van der Waals surface area (Å²) in [5.41, 5.74) is 3.60. The highest BCUT2D eigenvalue weighted by atomic mass is 16.6. The third-order valence-corrected chi connectivity index (χ3v) is 5.16. The normalized spacial score (nSPS) is 11.1. The molecule has 7 nitrogen and oxygen atoms in total. The Morgan fingerprint density at radius 3 is 2.19 bits per heavy atom. The van der Waals surface area contributed by atoms with Gasteiger partial charge in [0.25, 0.3) is 0 Å². The maximum absolute atomic E-state index is 12.3. The lowest BCUT2D eigenvalue weighted by Gasteiger charge is -2.11. The molecule has 7 heteroatoms. The third-order valence-electron chi connectivity index (χ3n) is 5.16. The highest BCUT2D eigenvalue weighted by Gasteiger charge is 2.13. The second-order valence-electron chi connectivity index (χ2n) is 8.20. The second-order valence-corrected chi connectivity index (χ2v) is 8.20. The summed E-state index contributed by atoms with van der Waals surface area (Å²) in [4.78, 5) is 24.0. The molecule has 0 bridgehead atoms. The summed E-state index contributed by atoms with van der Waals surface area (Å²) < 4.78 is 26.6. The molecule has 2 rings (SSSR count). The number of carbonyl (C=O) groups excluding carboxylic acids is 2. The van der Waals surface area contributed by atoms with Crippen molar-refractivity contribution in [3.8, 4) is 23.0 Å². The number of hydrogen-bond donors (Lipinski definition) is 0. The molecule has 0 heterocycles. The van der Waals surface area contributed by atoms with Gasteiger partial charge in [-0.15, -0.1) is 0 Å². The molecule has 0 fully saturated rings. The van der Waals surface area contributed by atoms with Crippen molar-refractivity contribution in [1.29, 1.82) is 0 Å². The smallest absolute Gasteiger partial charge is 0.337 e. The van der Waals surface area contributed by atoms with E-state index >= 15 is 0 Å². The predicted octanol–water partition coefficient (Wildman–Crippen LogP) is 6.18. The summed E-state index contributed by atoms with van der Waals surface area (Å²) in [6.45, 7) is 6.73. The molecule has 0 saturated heterocycles. The van der Waals surface area contributed by atoms with E-state index in [1.165, 1.54) is 49.6 Å². The van der Waals surface area contributed by atoms with Crippen LogP contribution in [0, 0.1) is 0 Å². The lowest BCUT2D eigenvalue weighted by atomic mass is 10.1. The maximum Gasteiger partial charge on any atom is 0.337 e.